The number of nitrogens with zero attached hydrogens (tertiary/aromatic N) is 1. The van der Waals surface area contributed by atoms with E-state index in [4.69, 9.17) is 11.5 Å². The molecule has 0 spiro atoms. The highest BCUT2D eigenvalue weighted by molar-refractivity contribution is 7.89. The van der Waals surface area contributed by atoms with Gasteiger partial charge in [0.25, 0.3) is 0 Å². The third kappa shape index (κ3) is 2.77. The Morgan fingerprint density at radius 2 is 2.00 bits per heavy atom. The van der Waals surface area contributed by atoms with E-state index in [2.05, 4.69) is 0 Å². The number of primary amides is 1. The van der Waals surface area contributed by atoms with Crippen molar-refractivity contribution in [3.63, 3.8) is 0 Å². The van der Waals surface area contributed by atoms with Gasteiger partial charge in [-0.2, -0.15) is 4.31 Å². The van der Waals surface area contributed by atoms with E-state index in [1.807, 2.05) is 0 Å². The molecule has 1 aromatic carbocycles. The van der Waals surface area contributed by atoms with Crippen LogP contribution in [0.25, 0.3) is 0 Å². The molecule has 1 aromatic rings. The molecule has 0 saturated carbocycles. The molecule has 1 amide bonds. The lowest BCUT2D eigenvalue weighted by molar-refractivity contribution is -0.118. The molecule has 0 heterocycles. The zero-order valence-corrected chi connectivity index (χ0v) is 10.8. The van der Waals surface area contributed by atoms with Crippen LogP contribution in [0.15, 0.2) is 17.0 Å². The predicted octanol–water partition coefficient (Wildman–Crippen LogP) is -0.178. The minimum Gasteiger partial charge on any atom is -0.396 e. The summed E-state index contributed by atoms with van der Waals surface area (Å²) in [5, 5.41) is 0. The number of hydrogen-bond donors (Lipinski definition) is 2. The molecule has 4 N–H and O–H groups in total. The predicted molar refractivity (Wildman–Crippen MR) is 64.6 cm³/mol. The van der Waals surface area contributed by atoms with Crippen molar-refractivity contribution in [2.75, 3.05) is 19.3 Å². The van der Waals surface area contributed by atoms with Crippen LogP contribution in [0.1, 0.15) is 5.56 Å². The first-order valence-corrected chi connectivity index (χ1v) is 6.40. The van der Waals surface area contributed by atoms with Gasteiger partial charge >= 0.3 is 0 Å². The largest absolute Gasteiger partial charge is 0.396 e. The summed E-state index contributed by atoms with van der Waals surface area (Å²) in [5.74, 6) is -1.45. The number of amides is 1. The van der Waals surface area contributed by atoms with Crippen molar-refractivity contribution in [3.05, 3.63) is 23.5 Å². The minimum absolute atomic E-state index is 0.112. The number of anilines is 1. The molecule has 0 radical (unpaired) electrons. The second kappa shape index (κ2) is 4.91. The Labute approximate surface area is 104 Å². The van der Waals surface area contributed by atoms with E-state index in [0.717, 1.165) is 16.4 Å². The number of aryl methyl sites for hydroxylation is 1. The van der Waals surface area contributed by atoms with Crippen molar-refractivity contribution in [3.8, 4) is 0 Å². The third-order valence-electron chi connectivity index (χ3n) is 2.34. The number of nitrogen functional groups attached to an aromatic ring is 1. The van der Waals surface area contributed by atoms with Crippen molar-refractivity contribution in [1.82, 2.24) is 4.31 Å². The molecule has 6 nitrogen and oxygen atoms in total. The maximum absolute atomic E-state index is 13.3. The molecule has 0 atom stereocenters. The van der Waals surface area contributed by atoms with E-state index >= 15 is 0 Å². The fourth-order valence-electron chi connectivity index (χ4n) is 1.40. The number of nitrogens with two attached hydrogens (primary N) is 2. The molecule has 0 aromatic heterocycles. The summed E-state index contributed by atoms with van der Waals surface area (Å²) < 4.78 is 38.1. The summed E-state index contributed by atoms with van der Waals surface area (Å²) in [6.07, 6.45) is 0. The second-order valence-corrected chi connectivity index (χ2v) is 5.92. The van der Waals surface area contributed by atoms with Crippen LogP contribution in [0.5, 0.6) is 0 Å². The van der Waals surface area contributed by atoms with Gasteiger partial charge in [0, 0.05) is 7.05 Å². The normalized spacial score (nSPS) is 11.8. The maximum Gasteiger partial charge on any atom is 0.243 e. The van der Waals surface area contributed by atoms with Crippen molar-refractivity contribution in [1.29, 1.82) is 0 Å². The van der Waals surface area contributed by atoms with Gasteiger partial charge in [0.1, 0.15) is 5.82 Å². The molecule has 0 aliphatic rings. The molecule has 8 heteroatoms. The molecule has 0 bridgehead atoms. The van der Waals surface area contributed by atoms with Crippen molar-refractivity contribution in [2.45, 2.75) is 11.8 Å². The summed E-state index contributed by atoms with van der Waals surface area (Å²) in [5.41, 5.74) is 10.1. The molecule has 100 valence electrons. The van der Waals surface area contributed by atoms with E-state index in [0.29, 0.717) is 0 Å². The van der Waals surface area contributed by atoms with Crippen molar-refractivity contribution < 1.29 is 17.6 Å². The number of rotatable bonds is 4. The van der Waals surface area contributed by atoms with Crippen LogP contribution in [-0.2, 0) is 14.8 Å². The highest BCUT2D eigenvalue weighted by Gasteiger charge is 2.23. The fourth-order valence-corrected chi connectivity index (χ4v) is 2.65. The van der Waals surface area contributed by atoms with Gasteiger partial charge in [-0.1, -0.05) is 0 Å². The quantitative estimate of drug-likeness (QED) is 0.743. The number of likely N-dealkylation sites (N-methyl/N-ethyl adjacent to an activating group) is 1. The monoisotopic (exact) mass is 275 g/mol. The van der Waals surface area contributed by atoms with E-state index < -0.39 is 28.3 Å². The van der Waals surface area contributed by atoms with Gasteiger partial charge in [-0.3, -0.25) is 4.79 Å². The lowest BCUT2D eigenvalue weighted by atomic mass is 10.2. The molecule has 0 aliphatic heterocycles. The first kappa shape index (κ1) is 14.4. The number of benzene rings is 1. The highest BCUT2D eigenvalue weighted by Crippen LogP contribution is 2.22. The highest BCUT2D eigenvalue weighted by atomic mass is 32.2. The third-order valence-corrected chi connectivity index (χ3v) is 4.12. The molecule has 0 aliphatic carbocycles. The second-order valence-electron chi connectivity index (χ2n) is 3.87. The Morgan fingerprint density at radius 3 is 2.44 bits per heavy atom. The number of carbonyl (C=O) groups is 1. The number of sulfonamides is 1. The zero-order chi connectivity index (χ0) is 14.1. The Morgan fingerprint density at radius 1 is 1.44 bits per heavy atom. The summed E-state index contributed by atoms with van der Waals surface area (Å²) >= 11 is 0. The van der Waals surface area contributed by atoms with Crippen LogP contribution < -0.4 is 11.5 Å². The summed E-state index contributed by atoms with van der Waals surface area (Å²) in [6, 6.07) is 2.16. The Bertz CT molecular complexity index is 563. The van der Waals surface area contributed by atoms with Crippen molar-refractivity contribution in [2.24, 2.45) is 5.73 Å². The SMILES string of the molecule is Cc1cc(S(=O)(=O)N(C)CC(N)=O)cc(N)c1F. The van der Waals surface area contributed by atoms with Gasteiger partial charge in [-0.25, -0.2) is 12.8 Å². The van der Waals surface area contributed by atoms with Crippen LogP contribution in [0.4, 0.5) is 10.1 Å². The number of hydrogen-bond acceptors (Lipinski definition) is 4. The Hall–Kier alpha value is -1.67. The van der Waals surface area contributed by atoms with Crippen LogP contribution >= 0.6 is 0 Å². The first-order chi connectivity index (χ1) is 8.16. The molecule has 0 saturated heterocycles. The average molecular weight is 275 g/mol. The van der Waals surface area contributed by atoms with Gasteiger partial charge in [-0.05, 0) is 24.6 Å². The zero-order valence-electron chi connectivity index (χ0n) is 9.97. The summed E-state index contributed by atoms with van der Waals surface area (Å²) in [4.78, 5) is 10.5. The van der Waals surface area contributed by atoms with Crippen LogP contribution in [0.3, 0.4) is 0 Å². The lowest BCUT2D eigenvalue weighted by Crippen LogP contribution is -2.35. The summed E-state index contributed by atoms with van der Waals surface area (Å²) in [6.45, 7) is 0.942. The number of carbonyl (C=O) groups excluding carboxylic acids is 1. The fraction of sp³-hybridized carbons (Fsp3) is 0.300. The Kier molecular flexibility index (Phi) is 3.92. The van der Waals surface area contributed by atoms with E-state index in [-0.39, 0.29) is 16.1 Å². The first-order valence-electron chi connectivity index (χ1n) is 4.96. The molecular weight excluding hydrogens is 261 g/mol. The van der Waals surface area contributed by atoms with E-state index in [9.17, 15) is 17.6 Å². The molecule has 0 unspecified atom stereocenters. The average Bonchev–Trinajstić information content (AvgIpc) is 2.24. The van der Waals surface area contributed by atoms with Gasteiger partial charge in [-0.15, -0.1) is 0 Å². The van der Waals surface area contributed by atoms with E-state index in [1.54, 1.807) is 0 Å². The van der Waals surface area contributed by atoms with E-state index in [1.165, 1.54) is 14.0 Å². The Balaban J connectivity index is 3.25. The van der Waals surface area contributed by atoms with Crippen LogP contribution in [-0.4, -0.2) is 32.2 Å². The smallest absolute Gasteiger partial charge is 0.243 e. The maximum atomic E-state index is 13.3. The standard InChI is InChI=1S/C10H14FN3O3S/c1-6-3-7(4-8(12)10(6)11)18(16,17)14(2)5-9(13)15/h3-4H,5,12H2,1-2H3,(H2,13,15). The minimum atomic E-state index is -3.91. The topological polar surface area (TPSA) is 106 Å². The summed E-state index contributed by atoms with van der Waals surface area (Å²) in [7, 11) is -2.71. The molecular formula is C10H14FN3O3S. The molecule has 1 rings (SSSR count). The number of halogens is 1. The van der Waals surface area contributed by atoms with Crippen LogP contribution in [0, 0.1) is 12.7 Å². The molecule has 0 fully saturated rings. The van der Waals surface area contributed by atoms with Crippen LogP contribution in [0.2, 0.25) is 0 Å². The lowest BCUT2D eigenvalue weighted by Gasteiger charge is -2.16. The van der Waals surface area contributed by atoms with Gasteiger partial charge in [0.2, 0.25) is 15.9 Å². The van der Waals surface area contributed by atoms with Gasteiger partial charge < -0.3 is 11.5 Å². The molecule has 18 heavy (non-hydrogen) atoms. The van der Waals surface area contributed by atoms with Gasteiger partial charge in [0.05, 0.1) is 17.1 Å². The van der Waals surface area contributed by atoms with Crippen molar-refractivity contribution >= 4 is 21.6 Å². The van der Waals surface area contributed by atoms with Gasteiger partial charge in [0.15, 0.2) is 0 Å².